The lowest BCUT2D eigenvalue weighted by Gasteiger charge is -2.12. The molecule has 1 rings (SSSR count). The topological polar surface area (TPSA) is 82.3 Å². The third-order valence-corrected chi connectivity index (χ3v) is 2.20. The lowest BCUT2D eigenvalue weighted by atomic mass is 10.2. The molecule has 0 bridgehead atoms. The largest absolute Gasteiger partial charge is 0.475 e. The van der Waals surface area contributed by atoms with Gasteiger partial charge in [0.2, 0.25) is 5.88 Å². The molecule has 3 N–H and O–H groups in total. The van der Waals surface area contributed by atoms with Crippen LogP contribution in [0.4, 0.5) is 5.82 Å². The molecule has 102 valence electrons. The van der Waals surface area contributed by atoms with E-state index in [1.165, 1.54) is 6.33 Å². The van der Waals surface area contributed by atoms with Crippen LogP contribution in [0.1, 0.15) is 20.3 Å². The normalized spacial score (nSPS) is 12.5. The molecule has 0 amide bonds. The summed E-state index contributed by atoms with van der Waals surface area (Å²) in [7, 11) is 1.65. The van der Waals surface area contributed by atoms with Crippen molar-refractivity contribution in [2.45, 2.75) is 32.4 Å². The average molecular weight is 254 g/mol. The van der Waals surface area contributed by atoms with Crippen LogP contribution in [-0.2, 0) is 4.74 Å². The quantitative estimate of drug-likeness (QED) is 0.721. The average Bonchev–Trinajstić information content (AvgIpc) is 2.29. The number of nitrogens with one attached hydrogen (secondary N) is 1. The van der Waals surface area contributed by atoms with Crippen LogP contribution in [0.25, 0.3) is 0 Å². The molecular weight excluding hydrogens is 232 g/mol. The predicted molar refractivity (Wildman–Crippen MR) is 70.8 cm³/mol. The maximum atomic E-state index is 5.82. The van der Waals surface area contributed by atoms with E-state index >= 15 is 0 Å². The second-order valence-corrected chi connectivity index (χ2v) is 4.34. The Morgan fingerprint density at radius 3 is 2.83 bits per heavy atom. The Morgan fingerprint density at radius 1 is 1.39 bits per heavy atom. The number of nitrogens with zero attached hydrogens (tertiary/aromatic N) is 2. The van der Waals surface area contributed by atoms with Crippen molar-refractivity contribution in [2.24, 2.45) is 5.73 Å². The van der Waals surface area contributed by atoms with E-state index in [2.05, 4.69) is 15.3 Å². The summed E-state index contributed by atoms with van der Waals surface area (Å²) in [6.07, 6.45) is 2.40. The monoisotopic (exact) mass is 254 g/mol. The van der Waals surface area contributed by atoms with Gasteiger partial charge < -0.3 is 20.5 Å². The molecule has 0 saturated carbocycles. The maximum absolute atomic E-state index is 5.82. The molecule has 0 saturated heterocycles. The molecule has 1 unspecified atom stereocenters. The van der Waals surface area contributed by atoms with Crippen molar-refractivity contribution < 1.29 is 9.47 Å². The van der Waals surface area contributed by atoms with Crippen molar-refractivity contribution in [3.63, 3.8) is 0 Å². The smallest absolute Gasteiger partial charge is 0.218 e. The van der Waals surface area contributed by atoms with E-state index in [0.717, 1.165) is 18.8 Å². The zero-order valence-electron chi connectivity index (χ0n) is 11.2. The second-order valence-electron chi connectivity index (χ2n) is 4.34. The van der Waals surface area contributed by atoms with Crippen LogP contribution in [0.2, 0.25) is 0 Å². The molecule has 1 aromatic rings. The van der Waals surface area contributed by atoms with Gasteiger partial charge >= 0.3 is 0 Å². The SMILES string of the molecule is COCC(N)CCNc1cc(OC(C)C)ncn1. The van der Waals surface area contributed by atoms with Gasteiger partial charge in [-0.05, 0) is 20.3 Å². The summed E-state index contributed by atoms with van der Waals surface area (Å²) in [5.41, 5.74) is 5.82. The van der Waals surface area contributed by atoms with Gasteiger partial charge in [-0.1, -0.05) is 0 Å². The Balaban J connectivity index is 2.38. The van der Waals surface area contributed by atoms with Crippen LogP contribution in [0.5, 0.6) is 5.88 Å². The van der Waals surface area contributed by atoms with Gasteiger partial charge in [-0.2, -0.15) is 0 Å². The summed E-state index contributed by atoms with van der Waals surface area (Å²) in [6, 6.07) is 1.82. The number of nitrogens with two attached hydrogens (primary N) is 1. The van der Waals surface area contributed by atoms with E-state index in [1.54, 1.807) is 13.2 Å². The summed E-state index contributed by atoms with van der Waals surface area (Å²) in [5, 5.41) is 3.18. The van der Waals surface area contributed by atoms with Crippen LogP contribution in [0.15, 0.2) is 12.4 Å². The molecule has 0 radical (unpaired) electrons. The van der Waals surface area contributed by atoms with Gasteiger partial charge in [-0.15, -0.1) is 0 Å². The molecule has 0 aliphatic rings. The predicted octanol–water partition coefficient (Wildman–Crippen LogP) is 1.04. The molecule has 6 heteroatoms. The summed E-state index contributed by atoms with van der Waals surface area (Å²) in [4.78, 5) is 8.15. The molecule has 18 heavy (non-hydrogen) atoms. The first-order valence-electron chi connectivity index (χ1n) is 6.09. The van der Waals surface area contributed by atoms with E-state index in [-0.39, 0.29) is 12.1 Å². The van der Waals surface area contributed by atoms with E-state index in [0.29, 0.717) is 12.5 Å². The Bertz CT molecular complexity index is 347. The van der Waals surface area contributed by atoms with E-state index < -0.39 is 0 Å². The molecule has 0 aromatic carbocycles. The summed E-state index contributed by atoms with van der Waals surface area (Å²) in [6.45, 7) is 5.22. The van der Waals surface area contributed by atoms with Crippen molar-refractivity contribution in [2.75, 3.05) is 25.6 Å². The third kappa shape index (κ3) is 5.79. The molecule has 1 aromatic heterocycles. The molecule has 0 aliphatic carbocycles. The van der Waals surface area contributed by atoms with Crippen LogP contribution in [-0.4, -0.2) is 42.4 Å². The lowest BCUT2D eigenvalue weighted by molar-refractivity contribution is 0.178. The van der Waals surface area contributed by atoms with Crippen molar-refractivity contribution >= 4 is 5.82 Å². The van der Waals surface area contributed by atoms with E-state index in [4.69, 9.17) is 15.2 Å². The fraction of sp³-hybridized carbons (Fsp3) is 0.667. The number of aromatic nitrogens is 2. The van der Waals surface area contributed by atoms with Gasteiger partial charge in [0.25, 0.3) is 0 Å². The first-order chi connectivity index (χ1) is 8.61. The van der Waals surface area contributed by atoms with Gasteiger partial charge in [0.15, 0.2) is 0 Å². The fourth-order valence-electron chi connectivity index (χ4n) is 1.43. The molecule has 6 nitrogen and oxygen atoms in total. The molecular formula is C12H22N4O2. The van der Waals surface area contributed by atoms with Gasteiger partial charge in [-0.3, -0.25) is 0 Å². The van der Waals surface area contributed by atoms with Gasteiger partial charge in [-0.25, -0.2) is 9.97 Å². The molecule has 1 heterocycles. The molecule has 0 fully saturated rings. The molecule has 0 spiro atoms. The van der Waals surface area contributed by atoms with Crippen LogP contribution >= 0.6 is 0 Å². The minimum Gasteiger partial charge on any atom is -0.475 e. The lowest BCUT2D eigenvalue weighted by Crippen LogP contribution is -2.28. The fourth-order valence-corrected chi connectivity index (χ4v) is 1.43. The van der Waals surface area contributed by atoms with Crippen LogP contribution < -0.4 is 15.8 Å². The number of hydrogen-bond acceptors (Lipinski definition) is 6. The summed E-state index contributed by atoms with van der Waals surface area (Å²) in [5.74, 6) is 1.31. The zero-order valence-corrected chi connectivity index (χ0v) is 11.2. The van der Waals surface area contributed by atoms with Crippen LogP contribution in [0.3, 0.4) is 0 Å². The summed E-state index contributed by atoms with van der Waals surface area (Å²) >= 11 is 0. The van der Waals surface area contributed by atoms with Crippen molar-refractivity contribution in [3.05, 3.63) is 12.4 Å². The summed E-state index contributed by atoms with van der Waals surface area (Å²) < 4.78 is 10.5. The standard InChI is InChI=1S/C12H22N4O2/c1-9(2)18-12-6-11(15-8-16-12)14-5-4-10(13)7-17-3/h6,8-10H,4-5,7,13H2,1-3H3,(H,14,15,16). The number of rotatable bonds is 8. The Hall–Kier alpha value is -1.40. The van der Waals surface area contributed by atoms with Crippen LogP contribution in [0, 0.1) is 0 Å². The minimum absolute atomic E-state index is 0.0377. The van der Waals surface area contributed by atoms with E-state index in [9.17, 15) is 0 Å². The number of ether oxygens (including phenoxy) is 2. The van der Waals surface area contributed by atoms with Crippen molar-refractivity contribution in [3.8, 4) is 5.88 Å². The maximum Gasteiger partial charge on any atom is 0.218 e. The van der Waals surface area contributed by atoms with E-state index in [1.807, 2.05) is 13.8 Å². The highest BCUT2D eigenvalue weighted by Crippen LogP contribution is 2.12. The van der Waals surface area contributed by atoms with Gasteiger partial charge in [0, 0.05) is 25.8 Å². The Morgan fingerprint density at radius 2 is 2.17 bits per heavy atom. The number of anilines is 1. The first kappa shape index (κ1) is 14.7. The highest BCUT2D eigenvalue weighted by Gasteiger charge is 2.04. The molecule has 1 atom stereocenters. The number of methoxy groups -OCH3 is 1. The highest BCUT2D eigenvalue weighted by atomic mass is 16.5. The van der Waals surface area contributed by atoms with Gasteiger partial charge in [0.1, 0.15) is 12.1 Å². The number of hydrogen-bond donors (Lipinski definition) is 2. The first-order valence-corrected chi connectivity index (χ1v) is 6.09. The minimum atomic E-state index is 0.0377. The Kier molecular flexibility index (Phi) is 6.38. The Labute approximate surface area is 108 Å². The highest BCUT2D eigenvalue weighted by molar-refractivity contribution is 5.36. The van der Waals surface area contributed by atoms with Gasteiger partial charge in [0.05, 0.1) is 12.7 Å². The molecule has 0 aliphatic heterocycles. The van der Waals surface area contributed by atoms with Crippen molar-refractivity contribution in [1.82, 2.24) is 9.97 Å². The second kappa shape index (κ2) is 7.84. The zero-order chi connectivity index (χ0) is 13.4. The van der Waals surface area contributed by atoms with Crippen molar-refractivity contribution in [1.29, 1.82) is 0 Å². The third-order valence-electron chi connectivity index (χ3n) is 2.20.